The van der Waals surface area contributed by atoms with Crippen molar-refractivity contribution >= 4 is 32.8 Å². The summed E-state index contributed by atoms with van der Waals surface area (Å²) in [5, 5.41) is 0. The highest BCUT2D eigenvalue weighted by Gasteiger charge is 2.19. The van der Waals surface area contributed by atoms with Crippen LogP contribution < -0.4 is 21.1 Å². The van der Waals surface area contributed by atoms with Crippen LogP contribution in [0.5, 0.6) is 0 Å². The second kappa shape index (κ2) is 7.91. The minimum Gasteiger partial charge on any atom is -0.397 e. The molecule has 0 fully saturated rings. The summed E-state index contributed by atoms with van der Waals surface area (Å²) in [5.74, 6) is 0. The number of rotatable bonds is 5. The molecule has 158 valence electrons. The summed E-state index contributed by atoms with van der Waals surface area (Å²) < 4.78 is 28.6. The lowest BCUT2D eigenvalue weighted by atomic mass is 9.95. The third-order valence-electron chi connectivity index (χ3n) is 5.11. The molecule has 6 nitrogen and oxygen atoms in total. The quantitative estimate of drug-likeness (QED) is 0.530. The molecule has 0 saturated carbocycles. The van der Waals surface area contributed by atoms with E-state index in [0.29, 0.717) is 16.9 Å². The van der Waals surface area contributed by atoms with Gasteiger partial charge in [0.15, 0.2) is 0 Å². The average Bonchev–Trinajstić information content (AvgIpc) is 2.63. The van der Waals surface area contributed by atoms with Crippen molar-refractivity contribution in [2.24, 2.45) is 0 Å². The first kappa shape index (κ1) is 21.5. The van der Waals surface area contributed by atoms with E-state index in [4.69, 9.17) is 11.5 Å². The Kier molecular flexibility index (Phi) is 5.67. The third kappa shape index (κ3) is 4.21. The lowest BCUT2D eigenvalue weighted by Gasteiger charge is -2.18. The van der Waals surface area contributed by atoms with Gasteiger partial charge in [0.2, 0.25) is 0 Å². The normalized spacial score (nSPS) is 11.4. The highest BCUT2D eigenvalue weighted by Crippen LogP contribution is 2.33. The fraction of sp³-hybridized carbons (Fsp3) is 0.217. The number of benzene rings is 3. The predicted molar refractivity (Wildman–Crippen MR) is 126 cm³/mol. The van der Waals surface area contributed by atoms with Crippen molar-refractivity contribution in [1.82, 2.24) is 0 Å². The van der Waals surface area contributed by atoms with E-state index in [1.54, 1.807) is 13.0 Å². The van der Waals surface area contributed by atoms with E-state index >= 15 is 0 Å². The Morgan fingerprint density at radius 3 is 2.03 bits per heavy atom. The molecule has 0 radical (unpaired) electrons. The third-order valence-corrected chi connectivity index (χ3v) is 6.63. The number of nitrogen functional groups attached to an aromatic ring is 2. The number of nitrogens with two attached hydrogens (primary N) is 2. The van der Waals surface area contributed by atoms with Gasteiger partial charge >= 0.3 is 0 Å². The molecule has 0 aliphatic carbocycles. The van der Waals surface area contributed by atoms with Crippen LogP contribution >= 0.6 is 0 Å². The minimum atomic E-state index is -3.80. The highest BCUT2D eigenvalue weighted by molar-refractivity contribution is 7.92. The van der Waals surface area contributed by atoms with Gasteiger partial charge in [-0.25, -0.2) is 8.42 Å². The standard InChI is InChI=1S/C23H28N4O2S/c1-14-11-20(24)21(25)13-22(14)30(28,29)26-18-9-15(2)23(16(3)10-18)17-7-6-8-19(12-17)27(4)5/h6-13,26H,24-25H2,1-5H3. The van der Waals surface area contributed by atoms with Gasteiger partial charge in [-0.15, -0.1) is 0 Å². The van der Waals surface area contributed by atoms with Crippen LogP contribution in [0.2, 0.25) is 0 Å². The van der Waals surface area contributed by atoms with Crippen LogP contribution in [0.3, 0.4) is 0 Å². The first-order chi connectivity index (χ1) is 14.0. The fourth-order valence-electron chi connectivity index (χ4n) is 3.64. The molecule has 0 saturated heterocycles. The Labute approximate surface area is 178 Å². The van der Waals surface area contributed by atoms with E-state index in [9.17, 15) is 8.42 Å². The summed E-state index contributed by atoms with van der Waals surface area (Å²) in [7, 11) is 0.201. The molecule has 7 heteroatoms. The molecule has 0 aliphatic rings. The fourth-order valence-corrected chi connectivity index (χ4v) is 4.95. The van der Waals surface area contributed by atoms with Gasteiger partial charge in [0.1, 0.15) is 0 Å². The molecule has 0 spiro atoms. The van der Waals surface area contributed by atoms with Gasteiger partial charge in [-0.3, -0.25) is 4.72 Å². The summed E-state index contributed by atoms with van der Waals surface area (Å²) in [6.45, 7) is 5.66. The van der Waals surface area contributed by atoms with Crippen molar-refractivity contribution in [3.8, 4) is 11.1 Å². The Balaban J connectivity index is 2.00. The van der Waals surface area contributed by atoms with Crippen molar-refractivity contribution in [3.05, 3.63) is 65.2 Å². The van der Waals surface area contributed by atoms with Gasteiger partial charge in [0.05, 0.1) is 16.3 Å². The zero-order valence-electron chi connectivity index (χ0n) is 17.9. The van der Waals surface area contributed by atoms with Crippen molar-refractivity contribution in [1.29, 1.82) is 0 Å². The first-order valence-corrected chi connectivity index (χ1v) is 11.1. The largest absolute Gasteiger partial charge is 0.397 e. The summed E-state index contributed by atoms with van der Waals surface area (Å²) in [6.07, 6.45) is 0. The molecule has 0 heterocycles. The van der Waals surface area contributed by atoms with E-state index < -0.39 is 10.0 Å². The van der Waals surface area contributed by atoms with Crippen LogP contribution in [0.4, 0.5) is 22.7 Å². The van der Waals surface area contributed by atoms with E-state index in [2.05, 4.69) is 27.8 Å². The lowest BCUT2D eigenvalue weighted by molar-refractivity contribution is 0.600. The van der Waals surface area contributed by atoms with Gasteiger partial charge in [-0.05, 0) is 85.0 Å². The minimum absolute atomic E-state index is 0.118. The number of hydrogen-bond acceptors (Lipinski definition) is 5. The molecule has 0 unspecified atom stereocenters. The summed E-state index contributed by atoms with van der Waals surface area (Å²) >= 11 is 0. The van der Waals surface area contributed by atoms with Crippen molar-refractivity contribution < 1.29 is 8.42 Å². The number of aryl methyl sites for hydroxylation is 3. The maximum Gasteiger partial charge on any atom is 0.262 e. The van der Waals surface area contributed by atoms with E-state index in [1.807, 2.05) is 46.1 Å². The molecule has 3 rings (SSSR count). The van der Waals surface area contributed by atoms with Crippen LogP contribution in [-0.4, -0.2) is 22.5 Å². The van der Waals surface area contributed by atoms with Gasteiger partial charge in [-0.1, -0.05) is 12.1 Å². The van der Waals surface area contributed by atoms with Crippen molar-refractivity contribution in [2.75, 3.05) is 35.2 Å². The Morgan fingerprint density at radius 1 is 0.833 bits per heavy atom. The van der Waals surface area contributed by atoms with Crippen LogP contribution in [-0.2, 0) is 10.0 Å². The molecule has 0 atom stereocenters. The summed E-state index contributed by atoms with van der Waals surface area (Å²) in [4.78, 5) is 2.17. The molecule has 0 aliphatic heterocycles. The Hall–Kier alpha value is -3.19. The van der Waals surface area contributed by atoms with Crippen molar-refractivity contribution in [3.63, 3.8) is 0 Å². The van der Waals surface area contributed by atoms with Gasteiger partial charge in [-0.2, -0.15) is 0 Å². The van der Waals surface area contributed by atoms with Crippen LogP contribution in [0, 0.1) is 20.8 Å². The molecule has 0 amide bonds. The van der Waals surface area contributed by atoms with E-state index in [1.165, 1.54) is 6.07 Å². The highest BCUT2D eigenvalue weighted by atomic mass is 32.2. The molecule has 3 aromatic carbocycles. The Morgan fingerprint density at radius 2 is 1.43 bits per heavy atom. The monoisotopic (exact) mass is 424 g/mol. The maximum absolute atomic E-state index is 13.0. The zero-order valence-corrected chi connectivity index (χ0v) is 18.8. The van der Waals surface area contributed by atoms with Crippen LogP contribution in [0.1, 0.15) is 16.7 Å². The molecule has 5 N–H and O–H groups in total. The summed E-state index contributed by atoms with van der Waals surface area (Å²) in [5.41, 5.74) is 18.5. The van der Waals surface area contributed by atoms with Gasteiger partial charge in [0.25, 0.3) is 10.0 Å². The average molecular weight is 425 g/mol. The smallest absolute Gasteiger partial charge is 0.262 e. The lowest BCUT2D eigenvalue weighted by Crippen LogP contribution is -2.15. The van der Waals surface area contributed by atoms with Crippen molar-refractivity contribution in [2.45, 2.75) is 25.7 Å². The number of nitrogens with one attached hydrogen (secondary N) is 1. The second-order valence-corrected chi connectivity index (χ2v) is 9.43. The zero-order chi connectivity index (χ0) is 22.2. The van der Waals surface area contributed by atoms with Crippen LogP contribution in [0.15, 0.2) is 53.4 Å². The maximum atomic E-state index is 13.0. The van der Waals surface area contributed by atoms with Crippen LogP contribution in [0.25, 0.3) is 11.1 Å². The second-order valence-electron chi connectivity index (χ2n) is 7.78. The molecule has 0 bridgehead atoms. The molecule has 30 heavy (non-hydrogen) atoms. The summed E-state index contributed by atoms with van der Waals surface area (Å²) in [6, 6.07) is 14.9. The topological polar surface area (TPSA) is 101 Å². The number of nitrogens with zero attached hydrogens (tertiary/aromatic N) is 1. The predicted octanol–water partition coefficient (Wildman–Crippen LogP) is 4.31. The molecular formula is C23H28N4O2S. The SMILES string of the molecule is Cc1cc(N)c(N)cc1S(=O)(=O)Nc1cc(C)c(-c2cccc(N(C)C)c2)c(C)c1. The van der Waals surface area contributed by atoms with E-state index in [-0.39, 0.29) is 10.6 Å². The number of sulfonamides is 1. The molecule has 3 aromatic rings. The van der Waals surface area contributed by atoms with E-state index in [0.717, 1.165) is 27.9 Å². The van der Waals surface area contributed by atoms with Gasteiger partial charge in [0, 0.05) is 25.5 Å². The molecular weight excluding hydrogens is 396 g/mol. The first-order valence-electron chi connectivity index (χ1n) is 9.57. The van der Waals surface area contributed by atoms with Gasteiger partial charge < -0.3 is 16.4 Å². The number of hydrogen-bond donors (Lipinski definition) is 3. The Bertz CT molecular complexity index is 1190. The number of anilines is 4. The molecule has 0 aromatic heterocycles.